The van der Waals surface area contributed by atoms with Crippen LogP contribution in [0.4, 0.5) is 0 Å². The lowest BCUT2D eigenvalue weighted by Crippen LogP contribution is -2.61. The lowest BCUT2D eigenvalue weighted by Gasteiger charge is -2.52. The molecule has 0 amide bonds. The van der Waals surface area contributed by atoms with Crippen LogP contribution in [0.5, 0.6) is 0 Å². The number of aliphatic hydroxyl groups is 1. The molecule has 5 aliphatic heterocycles. The Kier molecular flexibility index (Phi) is 14.2. The first kappa shape index (κ1) is 41.5. The van der Waals surface area contributed by atoms with Crippen molar-refractivity contribution in [2.45, 2.75) is 177 Å². The maximum Gasteiger partial charge on any atom is 0.311 e. The summed E-state index contributed by atoms with van der Waals surface area (Å²) in [6, 6.07) is 0. The van der Waals surface area contributed by atoms with E-state index in [4.69, 9.17) is 33.2 Å². The van der Waals surface area contributed by atoms with Crippen LogP contribution >= 0.6 is 23.5 Å². The van der Waals surface area contributed by atoms with Crippen LogP contribution < -0.4 is 0 Å². The van der Waals surface area contributed by atoms with Gasteiger partial charge < -0.3 is 38.3 Å². The third-order valence-electron chi connectivity index (χ3n) is 11.2. The highest BCUT2D eigenvalue weighted by atomic mass is 32.2. The quantitative estimate of drug-likeness (QED) is 0.156. The Morgan fingerprint density at radius 3 is 2.37 bits per heavy atom. The Bertz CT molecular complexity index is 1180. The molecule has 0 radical (unpaired) electrons. The van der Waals surface area contributed by atoms with E-state index in [2.05, 4.69) is 32.6 Å². The summed E-state index contributed by atoms with van der Waals surface area (Å²) in [6.07, 6.45) is 13.2. The van der Waals surface area contributed by atoms with Crippen molar-refractivity contribution in [3.63, 3.8) is 0 Å². The molecule has 11 heteroatoms. The number of hydrogen-bond donors (Lipinski definition) is 1. The summed E-state index contributed by atoms with van der Waals surface area (Å²) in [5.74, 6) is 0.405. The minimum absolute atomic E-state index is 0.00827. The SMILES string of the molecule is C=C[C@H](C)C1([C@@H](O)[C@H]2O[C@@]3(C=C[C@H](C)[C@@H](C[C@@H]4C[C@@H](C[C@@H]5CCC[C@H](CCOC(=O)C(C)(C)C)O5)OC(C)(C)O4)O3)CC[C@@H]2OC)SCCCS1. The molecular formula is C40H66O9S2. The van der Waals surface area contributed by atoms with Gasteiger partial charge in [-0.3, -0.25) is 4.79 Å². The first-order valence-electron chi connectivity index (χ1n) is 19.4. The van der Waals surface area contributed by atoms with Gasteiger partial charge in [-0.15, -0.1) is 30.1 Å². The van der Waals surface area contributed by atoms with Crippen LogP contribution in [-0.4, -0.2) is 101 Å². The summed E-state index contributed by atoms with van der Waals surface area (Å²) < 4.78 is 44.4. The molecule has 292 valence electrons. The van der Waals surface area contributed by atoms with Crippen LogP contribution in [0.1, 0.15) is 113 Å². The molecule has 1 N–H and O–H groups in total. The summed E-state index contributed by atoms with van der Waals surface area (Å²) >= 11 is 3.65. The van der Waals surface area contributed by atoms with Crippen LogP contribution in [-0.2, 0) is 38.0 Å². The van der Waals surface area contributed by atoms with Gasteiger partial charge in [0, 0.05) is 51.0 Å². The first-order chi connectivity index (χ1) is 24.1. The van der Waals surface area contributed by atoms with Crippen LogP contribution in [0.2, 0.25) is 0 Å². The normalized spacial score (nSPS) is 38.1. The minimum atomic E-state index is -0.938. The molecule has 0 aromatic carbocycles. The highest BCUT2D eigenvalue weighted by Gasteiger charge is 2.55. The topological polar surface area (TPSA) is 102 Å². The number of hydrogen-bond acceptors (Lipinski definition) is 11. The Labute approximate surface area is 316 Å². The average molecular weight is 755 g/mol. The lowest BCUT2D eigenvalue weighted by atomic mass is 9.86. The Morgan fingerprint density at radius 1 is 1.02 bits per heavy atom. The van der Waals surface area contributed by atoms with Gasteiger partial charge in [-0.2, -0.15) is 0 Å². The molecule has 5 aliphatic rings. The van der Waals surface area contributed by atoms with Crippen molar-refractivity contribution in [3.8, 4) is 0 Å². The number of ether oxygens (including phenoxy) is 7. The van der Waals surface area contributed by atoms with Crippen molar-refractivity contribution in [1.82, 2.24) is 0 Å². The van der Waals surface area contributed by atoms with Gasteiger partial charge in [0.2, 0.25) is 0 Å². The number of allylic oxidation sites excluding steroid dienone is 1. The molecule has 9 nitrogen and oxygen atoms in total. The monoisotopic (exact) mass is 754 g/mol. The molecule has 4 saturated heterocycles. The van der Waals surface area contributed by atoms with E-state index in [1.807, 2.05) is 64.2 Å². The van der Waals surface area contributed by atoms with E-state index in [-0.39, 0.29) is 54.4 Å². The fourth-order valence-electron chi connectivity index (χ4n) is 8.28. The number of carbonyl (C=O) groups is 1. The molecule has 0 aromatic rings. The van der Waals surface area contributed by atoms with Crippen molar-refractivity contribution in [2.75, 3.05) is 25.2 Å². The Balaban J connectivity index is 1.21. The van der Waals surface area contributed by atoms with Crippen LogP contribution in [0, 0.1) is 17.3 Å². The number of aliphatic hydroxyl groups excluding tert-OH is 1. The van der Waals surface area contributed by atoms with Gasteiger partial charge in [-0.1, -0.05) is 26.0 Å². The second-order valence-electron chi connectivity index (χ2n) is 16.9. The van der Waals surface area contributed by atoms with E-state index in [9.17, 15) is 9.90 Å². The van der Waals surface area contributed by atoms with Gasteiger partial charge in [0.15, 0.2) is 11.6 Å². The molecule has 0 bridgehead atoms. The van der Waals surface area contributed by atoms with Crippen molar-refractivity contribution < 1.29 is 43.1 Å². The van der Waals surface area contributed by atoms with E-state index in [0.29, 0.717) is 25.9 Å². The van der Waals surface area contributed by atoms with Gasteiger partial charge in [0.1, 0.15) is 12.2 Å². The minimum Gasteiger partial charge on any atom is -0.465 e. The maximum absolute atomic E-state index is 12.2. The molecule has 11 atom stereocenters. The smallest absolute Gasteiger partial charge is 0.311 e. The average Bonchev–Trinajstić information content (AvgIpc) is 3.08. The van der Waals surface area contributed by atoms with E-state index in [0.717, 1.165) is 56.5 Å². The fourth-order valence-corrected chi connectivity index (χ4v) is 11.8. The first-order valence-corrected chi connectivity index (χ1v) is 21.4. The second-order valence-corrected chi connectivity index (χ2v) is 19.9. The molecule has 5 heterocycles. The summed E-state index contributed by atoms with van der Waals surface area (Å²) in [4.78, 5) is 12.2. The molecule has 5 rings (SSSR count). The molecule has 4 fully saturated rings. The largest absolute Gasteiger partial charge is 0.465 e. The zero-order valence-electron chi connectivity index (χ0n) is 32.4. The van der Waals surface area contributed by atoms with Crippen LogP contribution in [0.25, 0.3) is 0 Å². The molecular weight excluding hydrogens is 689 g/mol. The Morgan fingerprint density at radius 2 is 1.71 bits per heavy atom. The standard InChI is InChI=1S/C40H66O9S2/c1-10-27(3)40(50-21-12-22-51-40)35(41)34-32(43-9)16-19-39(49-34)18-15-26(2)33(48-39)25-31-24-30(46-38(7,8)47-31)23-29-14-11-13-28(45-29)17-20-44-36(42)37(4,5)6/h10,15,18,26-35,41H,1,11-14,16-17,19-25H2,2-9H3/t26-,27-,28+,29-,30+,31-,32-,33+,34-,35-,39-/m0/s1. The highest BCUT2D eigenvalue weighted by molar-refractivity contribution is 8.18. The number of carbonyl (C=O) groups excluding carboxylic acids is 1. The number of rotatable bonds is 12. The van der Waals surface area contributed by atoms with E-state index < -0.39 is 33.3 Å². The second kappa shape index (κ2) is 17.4. The van der Waals surface area contributed by atoms with Gasteiger partial charge >= 0.3 is 5.97 Å². The number of esters is 1. The van der Waals surface area contributed by atoms with Gasteiger partial charge in [0.25, 0.3) is 0 Å². The molecule has 0 aliphatic carbocycles. The predicted molar refractivity (Wildman–Crippen MR) is 204 cm³/mol. The van der Waals surface area contributed by atoms with Crippen molar-refractivity contribution in [3.05, 3.63) is 24.8 Å². The fraction of sp³-hybridized carbons (Fsp3) is 0.875. The molecule has 0 unspecified atom stereocenters. The Hall–Kier alpha value is -0.630. The highest BCUT2D eigenvalue weighted by Crippen LogP contribution is 2.53. The third-order valence-corrected chi connectivity index (χ3v) is 15.0. The predicted octanol–water partition coefficient (Wildman–Crippen LogP) is 7.82. The summed E-state index contributed by atoms with van der Waals surface area (Å²) in [7, 11) is 1.71. The summed E-state index contributed by atoms with van der Waals surface area (Å²) in [5.41, 5.74) is -0.501. The third kappa shape index (κ3) is 10.4. The summed E-state index contributed by atoms with van der Waals surface area (Å²) in [5, 5.41) is 12.1. The maximum atomic E-state index is 12.2. The molecule has 0 saturated carbocycles. The van der Waals surface area contributed by atoms with Crippen LogP contribution in [0.3, 0.4) is 0 Å². The number of methoxy groups -OCH3 is 1. The summed E-state index contributed by atoms with van der Waals surface area (Å²) in [6.45, 7) is 18.4. The van der Waals surface area contributed by atoms with Crippen molar-refractivity contribution >= 4 is 29.5 Å². The zero-order valence-corrected chi connectivity index (χ0v) is 34.1. The van der Waals surface area contributed by atoms with Crippen molar-refractivity contribution in [1.29, 1.82) is 0 Å². The van der Waals surface area contributed by atoms with Crippen molar-refractivity contribution in [2.24, 2.45) is 17.3 Å². The molecule has 51 heavy (non-hydrogen) atoms. The molecule has 0 aromatic heterocycles. The van der Waals surface area contributed by atoms with Gasteiger partial charge in [-0.05, 0) is 84.3 Å². The zero-order chi connectivity index (χ0) is 37.0. The lowest BCUT2D eigenvalue weighted by molar-refractivity contribution is -0.329. The van der Waals surface area contributed by atoms with Gasteiger partial charge in [-0.25, -0.2) is 0 Å². The van der Waals surface area contributed by atoms with E-state index in [1.165, 1.54) is 0 Å². The van der Waals surface area contributed by atoms with Crippen LogP contribution in [0.15, 0.2) is 24.8 Å². The van der Waals surface area contributed by atoms with E-state index >= 15 is 0 Å². The van der Waals surface area contributed by atoms with Gasteiger partial charge in [0.05, 0.1) is 52.7 Å². The molecule has 1 spiro atoms. The number of thioether (sulfide) groups is 2. The van der Waals surface area contributed by atoms with E-state index in [1.54, 1.807) is 7.11 Å².